The van der Waals surface area contributed by atoms with Gasteiger partial charge in [-0.25, -0.2) is 0 Å². The molecule has 1 N–H and O–H groups in total. The Bertz CT molecular complexity index is 304. The standard InChI is InChI=1S/C15H21O2/c16-12-15(11-13-7-3-1-4-8-13)17-14-9-5-2-6-10-14/h1,3-4,7-8,14,16H,2,5-6,9-12H2. The van der Waals surface area contributed by atoms with Crippen LogP contribution in [0.25, 0.3) is 0 Å². The summed E-state index contributed by atoms with van der Waals surface area (Å²) in [5, 5.41) is 9.36. The molecule has 1 aliphatic carbocycles. The van der Waals surface area contributed by atoms with Crippen molar-refractivity contribution in [2.24, 2.45) is 0 Å². The summed E-state index contributed by atoms with van der Waals surface area (Å²) >= 11 is 0. The molecule has 0 amide bonds. The van der Waals surface area contributed by atoms with E-state index in [1.165, 1.54) is 24.8 Å². The second-order valence-corrected chi connectivity index (χ2v) is 4.74. The van der Waals surface area contributed by atoms with Crippen LogP contribution in [0.5, 0.6) is 0 Å². The summed E-state index contributed by atoms with van der Waals surface area (Å²) in [6.07, 6.45) is 7.98. The highest BCUT2D eigenvalue weighted by atomic mass is 16.5. The van der Waals surface area contributed by atoms with Crippen molar-refractivity contribution in [1.29, 1.82) is 0 Å². The Morgan fingerprint density at radius 1 is 1.12 bits per heavy atom. The maximum absolute atomic E-state index is 9.36. The van der Waals surface area contributed by atoms with Gasteiger partial charge in [-0.15, -0.1) is 0 Å². The van der Waals surface area contributed by atoms with E-state index < -0.39 is 0 Å². The summed E-state index contributed by atoms with van der Waals surface area (Å²) < 4.78 is 5.91. The van der Waals surface area contributed by atoms with Gasteiger partial charge in [0.05, 0.1) is 12.7 Å². The average molecular weight is 233 g/mol. The van der Waals surface area contributed by atoms with Gasteiger partial charge >= 0.3 is 0 Å². The fraction of sp³-hybridized carbons (Fsp3) is 0.533. The topological polar surface area (TPSA) is 29.5 Å². The van der Waals surface area contributed by atoms with E-state index in [0.29, 0.717) is 6.10 Å². The van der Waals surface area contributed by atoms with Crippen LogP contribution in [0.3, 0.4) is 0 Å². The highest BCUT2D eigenvalue weighted by molar-refractivity contribution is 5.17. The summed E-state index contributed by atoms with van der Waals surface area (Å²) in [7, 11) is 0. The molecule has 2 rings (SSSR count). The summed E-state index contributed by atoms with van der Waals surface area (Å²) in [6, 6.07) is 10.2. The van der Waals surface area contributed by atoms with Gasteiger partial charge in [0, 0.05) is 6.42 Å². The van der Waals surface area contributed by atoms with Crippen LogP contribution in [0.1, 0.15) is 37.7 Å². The van der Waals surface area contributed by atoms with Crippen LogP contribution in [0.15, 0.2) is 30.3 Å². The normalized spacial score (nSPS) is 17.5. The highest BCUT2D eigenvalue weighted by Gasteiger charge is 2.19. The Hall–Kier alpha value is -0.860. The predicted molar refractivity (Wildman–Crippen MR) is 68.4 cm³/mol. The van der Waals surface area contributed by atoms with E-state index in [1.54, 1.807) is 0 Å². The summed E-state index contributed by atoms with van der Waals surface area (Å²) in [6.45, 7) is 0.0331. The van der Waals surface area contributed by atoms with Gasteiger partial charge < -0.3 is 9.84 Å². The zero-order chi connectivity index (χ0) is 11.9. The molecule has 0 saturated heterocycles. The lowest BCUT2D eigenvalue weighted by atomic mass is 9.97. The molecule has 1 aromatic rings. The van der Waals surface area contributed by atoms with Crippen LogP contribution in [0, 0.1) is 6.10 Å². The Morgan fingerprint density at radius 3 is 2.47 bits per heavy atom. The van der Waals surface area contributed by atoms with Crippen molar-refractivity contribution in [2.75, 3.05) is 6.61 Å². The molecule has 0 aliphatic heterocycles. The molecule has 1 radical (unpaired) electrons. The predicted octanol–water partition coefficient (Wildman–Crippen LogP) is 3.10. The number of hydrogen-bond acceptors (Lipinski definition) is 2. The summed E-state index contributed by atoms with van der Waals surface area (Å²) in [5.74, 6) is 0. The third-order valence-electron chi connectivity index (χ3n) is 3.31. The molecule has 93 valence electrons. The van der Waals surface area contributed by atoms with Gasteiger partial charge in [0.25, 0.3) is 0 Å². The molecular weight excluding hydrogens is 212 g/mol. The third-order valence-corrected chi connectivity index (χ3v) is 3.31. The largest absolute Gasteiger partial charge is 0.393 e. The molecular formula is C15H21O2. The Kier molecular flexibility index (Phi) is 5.02. The molecule has 0 atom stereocenters. The number of aliphatic hydroxyl groups is 1. The number of ether oxygens (including phenoxy) is 1. The Labute approximate surface area is 104 Å². The van der Waals surface area contributed by atoms with E-state index in [9.17, 15) is 5.11 Å². The SMILES string of the molecule is OC[C](Cc1ccccc1)OC1CCCCC1. The monoisotopic (exact) mass is 233 g/mol. The minimum absolute atomic E-state index is 0.0331. The first-order valence-corrected chi connectivity index (χ1v) is 6.54. The molecule has 2 heteroatoms. The summed E-state index contributed by atoms with van der Waals surface area (Å²) in [5.41, 5.74) is 1.20. The first kappa shape index (κ1) is 12.6. The van der Waals surface area contributed by atoms with Crippen molar-refractivity contribution in [3.05, 3.63) is 42.0 Å². The second kappa shape index (κ2) is 6.77. The van der Waals surface area contributed by atoms with Crippen LogP contribution < -0.4 is 0 Å². The molecule has 0 heterocycles. The van der Waals surface area contributed by atoms with Gasteiger partial charge in [-0.2, -0.15) is 0 Å². The average Bonchev–Trinajstić information content (AvgIpc) is 2.40. The molecule has 1 aliphatic rings. The van der Waals surface area contributed by atoms with Crippen molar-refractivity contribution in [2.45, 2.75) is 44.6 Å². The third kappa shape index (κ3) is 4.14. The van der Waals surface area contributed by atoms with Crippen molar-refractivity contribution >= 4 is 0 Å². The lowest BCUT2D eigenvalue weighted by molar-refractivity contribution is 0.0116. The van der Waals surface area contributed by atoms with Gasteiger partial charge in [-0.05, 0) is 18.4 Å². The minimum atomic E-state index is 0.0331. The maximum atomic E-state index is 9.36. The van der Waals surface area contributed by atoms with Crippen molar-refractivity contribution in [3.63, 3.8) is 0 Å². The first-order valence-electron chi connectivity index (χ1n) is 6.54. The van der Waals surface area contributed by atoms with Crippen molar-refractivity contribution in [3.8, 4) is 0 Å². The van der Waals surface area contributed by atoms with E-state index in [-0.39, 0.29) is 6.61 Å². The quantitative estimate of drug-likeness (QED) is 0.846. The van der Waals surface area contributed by atoms with Crippen LogP contribution in [0.2, 0.25) is 0 Å². The van der Waals surface area contributed by atoms with Crippen molar-refractivity contribution < 1.29 is 9.84 Å². The molecule has 1 aromatic carbocycles. The van der Waals surface area contributed by atoms with E-state index in [1.807, 2.05) is 18.2 Å². The molecule has 0 unspecified atom stereocenters. The minimum Gasteiger partial charge on any atom is -0.393 e. The zero-order valence-electron chi connectivity index (χ0n) is 10.3. The second-order valence-electron chi connectivity index (χ2n) is 4.74. The lowest BCUT2D eigenvalue weighted by Crippen LogP contribution is -2.22. The van der Waals surface area contributed by atoms with E-state index >= 15 is 0 Å². The molecule has 0 spiro atoms. The van der Waals surface area contributed by atoms with Gasteiger partial charge in [0.2, 0.25) is 0 Å². The Balaban J connectivity index is 1.83. The van der Waals surface area contributed by atoms with E-state index in [0.717, 1.165) is 25.4 Å². The molecule has 2 nitrogen and oxygen atoms in total. The van der Waals surface area contributed by atoms with Crippen molar-refractivity contribution in [1.82, 2.24) is 0 Å². The number of benzene rings is 1. The highest BCUT2D eigenvalue weighted by Crippen LogP contribution is 2.24. The molecule has 1 fully saturated rings. The van der Waals surface area contributed by atoms with Gasteiger partial charge in [-0.3, -0.25) is 0 Å². The zero-order valence-corrected chi connectivity index (χ0v) is 10.3. The smallest absolute Gasteiger partial charge is 0.127 e. The number of hydrogen-bond donors (Lipinski definition) is 1. The number of aliphatic hydroxyl groups excluding tert-OH is 1. The fourth-order valence-electron chi connectivity index (χ4n) is 2.38. The molecule has 0 aromatic heterocycles. The van der Waals surface area contributed by atoms with E-state index in [4.69, 9.17) is 4.74 Å². The fourth-order valence-corrected chi connectivity index (χ4v) is 2.38. The van der Waals surface area contributed by atoms with Gasteiger partial charge in [0.1, 0.15) is 6.10 Å². The van der Waals surface area contributed by atoms with Crippen LogP contribution in [-0.4, -0.2) is 17.8 Å². The number of rotatable bonds is 5. The summed E-state index contributed by atoms with van der Waals surface area (Å²) in [4.78, 5) is 0. The van der Waals surface area contributed by atoms with Gasteiger partial charge in [0.15, 0.2) is 0 Å². The molecule has 0 bridgehead atoms. The van der Waals surface area contributed by atoms with Crippen LogP contribution in [-0.2, 0) is 11.2 Å². The van der Waals surface area contributed by atoms with Crippen LogP contribution in [0.4, 0.5) is 0 Å². The molecule has 1 saturated carbocycles. The van der Waals surface area contributed by atoms with Crippen LogP contribution >= 0.6 is 0 Å². The molecule has 17 heavy (non-hydrogen) atoms. The Morgan fingerprint density at radius 2 is 1.82 bits per heavy atom. The van der Waals surface area contributed by atoms with Gasteiger partial charge in [-0.1, -0.05) is 49.6 Å². The van der Waals surface area contributed by atoms with E-state index in [2.05, 4.69) is 12.1 Å². The lowest BCUT2D eigenvalue weighted by Gasteiger charge is -2.26. The maximum Gasteiger partial charge on any atom is 0.127 e. The first-order chi connectivity index (χ1) is 8.38.